The van der Waals surface area contributed by atoms with E-state index in [2.05, 4.69) is 4.98 Å². The van der Waals surface area contributed by atoms with Crippen LogP contribution in [-0.4, -0.2) is 52.4 Å². The maximum absolute atomic E-state index is 12.3. The Morgan fingerprint density at radius 1 is 1.35 bits per heavy atom. The number of nitrogens with zero attached hydrogens (tertiary/aromatic N) is 2. The number of esters is 1. The Bertz CT molecular complexity index is 609. The summed E-state index contributed by atoms with van der Waals surface area (Å²) in [6.07, 6.45) is -1.03. The number of aliphatic hydroxyl groups is 1. The molecule has 0 aliphatic rings. The second-order valence-corrected chi connectivity index (χ2v) is 8.34. The smallest absolute Gasteiger partial charge is 0.410 e. The highest BCUT2D eigenvalue weighted by atomic mass is 32.1. The highest BCUT2D eigenvalue weighted by Gasteiger charge is 2.30. The Morgan fingerprint density at radius 2 is 1.96 bits per heavy atom. The van der Waals surface area contributed by atoms with E-state index in [9.17, 15) is 14.7 Å². The number of aliphatic hydroxyl groups excluding tert-OH is 1. The minimum atomic E-state index is -0.888. The zero-order valence-corrected chi connectivity index (χ0v) is 17.4. The van der Waals surface area contributed by atoms with Crippen molar-refractivity contribution >= 4 is 23.4 Å². The minimum absolute atomic E-state index is 0.103. The number of ether oxygens (including phenoxy) is 2. The van der Waals surface area contributed by atoms with E-state index in [1.54, 1.807) is 19.4 Å². The lowest BCUT2D eigenvalue weighted by molar-refractivity contribution is 0.0106. The fourth-order valence-corrected chi connectivity index (χ4v) is 3.20. The molecule has 0 fully saturated rings. The third-order valence-corrected chi connectivity index (χ3v) is 4.65. The van der Waals surface area contributed by atoms with Crippen LogP contribution in [0, 0.1) is 5.92 Å². The van der Waals surface area contributed by atoms with Crippen LogP contribution in [0.3, 0.4) is 0 Å². The summed E-state index contributed by atoms with van der Waals surface area (Å²) in [7, 11) is 1.66. The lowest BCUT2D eigenvalue weighted by Crippen LogP contribution is -2.44. The molecule has 0 aromatic carbocycles. The maximum atomic E-state index is 12.3. The number of carbonyl (C=O) groups excluding carboxylic acids is 2. The minimum Gasteiger partial charge on any atom is -0.461 e. The molecule has 148 valence electrons. The highest BCUT2D eigenvalue weighted by molar-refractivity contribution is 7.09. The Morgan fingerprint density at radius 3 is 2.46 bits per heavy atom. The molecule has 26 heavy (non-hydrogen) atoms. The van der Waals surface area contributed by atoms with Crippen LogP contribution < -0.4 is 0 Å². The van der Waals surface area contributed by atoms with Gasteiger partial charge in [-0.05, 0) is 33.6 Å². The second-order valence-electron chi connectivity index (χ2n) is 7.45. The fraction of sp³-hybridized carbons (Fsp3) is 0.722. The molecule has 0 spiro atoms. The quantitative estimate of drug-likeness (QED) is 0.720. The summed E-state index contributed by atoms with van der Waals surface area (Å²) < 4.78 is 10.3. The zero-order chi connectivity index (χ0) is 20.1. The predicted molar refractivity (Wildman–Crippen MR) is 100 cm³/mol. The van der Waals surface area contributed by atoms with E-state index >= 15 is 0 Å². The molecule has 1 unspecified atom stereocenters. The number of thiazole rings is 1. The van der Waals surface area contributed by atoms with E-state index in [1.165, 1.54) is 16.2 Å². The van der Waals surface area contributed by atoms with E-state index in [4.69, 9.17) is 9.47 Å². The summed E-state index contributed by atoms with van der Waals surface area (Å²) in [6, 6.07) is -0.241. The summed E-state index contributed by atoms with van der Waals surface area (Å²) in [5.74, 6) is -0.403. The van der Waals surface area contributed by atoms with Gasteiger partial charge < -0.3 is 19.5 Å². The molecule has 1 N–H and O–H groups in total. The van der Waals surface area contributed by atoms with E-state index < -0.39 is 23.8 Å². The van der Waals surface area contributed by atoms with Gasteiger partial charge in [0.15, 0.2) is 5.69 Å². The molecule has 0 saturated heterocycles. The lowest BCUT2D eigenvalue weighted by Gasteiger charge is -2.34. The van der Waals surface area contributed by atoms with Crippen LogP contribution in [-0.2, 0) is 9.47 Å². The van der Waals surface area contributed by atoms with Crippen LogP contribution in [0.15, 0.2) is 5.38 Å². The van der Waals surface area contributed by atoms with Crippen LogP contribution in [0.25, 0.3) is 0 Å². The van der Waals surface area contributed by atoms with Crippen molar-refractivity contribution in [1.29, 1.82) is 0 Å². The first-order valence-electron chi connectivity index (χ1n) is 8.72. The van der Waals surface area contributed by atoms with Crippen LogP contribution in [0.5, 0.6) is 0 Å². The molecular formula is C18H30N2O5S. The van der Waals surface area contributed by atoms with Gasteiger partial charge in [-0.1, -0.05) is 13.8 Å². The summed E-state index contributed by atoms with van der Waals surface area (Å²) in [5.41, 5.74) is -0.400. The summed E-state index contributed by atoms with van der Waals surface area (Å²) in [4.78, 5) is 29.7. The molecule has 0 saturated carbocycles. The van der Waals surface area contributed by atoms with Crippen LogP contribution >= 0.6 is 11.3 Å². The third kappa shape index (κ3) is 6.57. The van der Waals surface area contributed by atoms with Crippen molar-refractivity contribution in [2.24, 2.45) is 5.92 Å². The molecule has 1 aromatic rings. The molecule has 0 radical (unpaired) electrons. The molecule has 8 heteroatoms. The number of hydrogen-bond acceptors (Lipinski definition) is 7. The van der Waals surface area contributed by atoms with Gasteiger partial charge in [-0.2, -0.15) is 0 Å². The number of aromatic nitrogens is 1. The summed E-state index contributed by atoms with van der Waals surface area (Å²) in [6.45, 7) is 11.4. The first kappa shape index (κ1) is 22.4. The molecular weight excluding hydrogens is 356 g/mol. The van der Waals surface area contributed by atoms with Gasteiger partial charge in [0.25, 0.3) is 0 Å². The monoisotopic (exact) mass is 386 g/mol. The molecule has 1 rings (SSSR count). The van der Waals surface area contributed by atoms with Crippen LogP contribution in [0.4, 0.5) is 4.79 Å². The largest absolute Gasteiger partial charge is 0.461 e. The molecule has 0 bridgehead atoms. The van der Waals surface area contributed by atoms with Crippen molar-refractivity contribution in [2.75, 3.05) is 13.7 Å². The number of carbonyl (C=O) groups is 2. The van der Waals surface area contributed by atoms with Crippen molar-refractivity contribution in [3.63, 3.8) is 0 Å². The Kier molecular flexibility index (Phi) is 8.02. The zero-order valence-electron chi connectivity index (χ0n) is 16.6. The number of hydrogen-bond donors (Lipinski definition) is 1. The number of amides is 1. The fourth-order valence-electron chi connectivity index (χ4n) is 2.42. The van der Waals surface area contributed by atoms with Gasteiger partial charge in [-0.15, -0.1) is 11.3 Å². The summed E-state index contributed by atoms with van der Waals surface area (Å²) in [5, 5.41) is 12.5. The molecule has 1 aromatic heterocycles. The van der Waals surface area contributed by atoms with Crippen molar-refractivity contribution < 1.29 is 24.2 Å². The van der Waals surface area contributed by atoms with Crippen molar-refractivity contribution in [3.8, 4) is 0 Å². The Balaban J connectivity index is 2.83. The van der Waals surface area contributed by atoms with Gasteiger partial charge >= 0.3 is 12.1 Å². The van der Waals surface area contributed by atoms with Crippen molar-refractivity contribution in [1.82, 2.24) is 9.88 Å². The second kappa shape index (κ2) is 9.32. The average Bonchev–Trinajstić information content (AvgIpc) is 3.00. The molecule has 1 heterocycles. The average molecular weight is 387 g/mol. The van der Waals surface area contributed by atoms with Gasteiger partial charge in [-0.25, -0.2) is 14.6 Å². The Labute approximate surface area is 159 Å². The van der Waals surface area contributed by atoms with Crippen molar-refractivity contribution in [2.45, 2.75) is 65.7 Å². The molecule has 0 aliphatic carbocycles. The highest BCUT2D eigenvalue weighted by Crippen LogP contribution is 2.27. The van der Waals surface area contributed by atoms with Gasteiger partial charge in [-0.3, -0.25) is 0 Å². The van der Waals surface area contributed by atoms with Gasteiger partial charge in [0.1, 0.15) is 16.7 Å². The standard InChI is InChI=1S/C18H30N2O5S/c1-8-24-16(22)12-10-26-15(19-12)14(21)9-13(11(2)3)20(7)17(23)25-18(4,5)6/h10-11,13-14,21H,8-9H2,1-7H3/t13?,14-/m1/s1. The summed E-state index contributed by atoms with van der Waals surface area (Å²) >= 11 is 1.20. The van der Waals surface area contributed by atoms with Gasteiger partial charge in [0.05, 0.1) is 6.61 Å². The van der Waals surface area contributed by atoms with Crippen LogP contribution in [0.2, 0.25) is 0 Å². The van der Waals surface area contributed by atoms with Crippen molar-refractivity contribution in [3.05, 3.63) is 16.1 Å². The first-order valence-corrected chi connectivity index (χ1v) is 9.60. The van der Waals surface area contributed by atoms with E-state index in [-0.39, 0.29) is 24.3 Å². The van der Waals surface area contributed by atoms with E-state index in [1.807, 2.05) is 34.6 Å². The molecule has 1 amide bonds. The third-order valence-electron chi connectivity index (χ3n) is 3.70. The SMILES string of the molecule is CCOC(=O)c1csc([C@H](O)CC(C(C)C)N(C)C(=O)OC(C)(C)C)n1. The Hall–Kier alpha value is -1.67. The maximum Gasteiger partial charge on any atom is 0.410 e. The molecule has 0 aliphatic heterocycles. The number of rotatable bonds is 7. The predicted octanol–water partition coefficient (Wildman–Crippen LogP) is 3.63. The normalized spacial score (nSPS) is 14.0. The molecule has 2 atom stereocenters. The van der Waals surface area contributed by atoms with E-state index in [0.29, 0.717) is 11.4 Å². The first-order chi connectivity index (χ1) is 12.0. The van der Waals surface area contributed by atoms with Crippen LogP contribution in [0.1, 0.15) is 69.6 Å². The van der Waals surface area contributed by atoms with Gasteiger partial charge in [0.2, 0.25) is 0 Å². The van der Waals surface area contributed by atoms with Gasteiger partial charge in [0, 0.05) is 24.9 Å². The lowest BCUT2D eigenvalue weighted by atomic mass is 9.97. The van der Waals surface area contributed by atoms with E-state index in [0.717, 1.165) is 0 Å². The topological polar surface area (TPSA) is 89.0 Å². The molecule has 7 nitrogen and oxygen atoms in total.